The highest BCUT2D eigenvalue weighted by Crippen LogP contribution is 2.26. The Balaban J connectivity index is 2.11. The molecule has 1 aromatic carbocycles. The summed E-state index contributed by atoms with van der Waals surface area (Å²) in [5, 5.41) is 4.48. The van der Waals surface area contributed by atoms with Crippen LogP contribution in [0.25, 0.3) is 10.6 Å². The summed E-state index contributed by atoms with van der Waals surface area (Å²) >= 11 is 1.74. The van der Waals surface area contributed by atoms with Gasteiger partial charge in [-0.3, -0.25) is 0 Å². The summed E-state index contributed by atoms with van der Waals surface area (Å²) in [5.41, 5.74) is 2.34. The van der Waals surface area contributed by atoms with Crippen LogP contribution in [0.3, 0.4) is 0 Å². The van der Waals surface area contributed by atoms with Crippen LogP contribution in [0.4, 0.5) is 0 Å². The zero-order chi connectivity index (χ0) is 13.7. The fourth-order valence-corrected chi connectivity index (χ4v) is 2.65. The van der Waals surface area contributed by atoms with Crippen molar-refractivity contribution in [2.75, 3.05) is 7.11 Å². The lowest BCUT2D eigenvalue weighted by atomic mass is 10.1. The summed E-state index contributed by atoms with van der Waals surface area (Å²) in [7, 11) is 1.71. The maximum Gasteiger partial charge on any atom is 0.123 e. The lowest BCUT2D eigenvalue weighted by Gasteiger charge is -2.04. The molecule has 0 unspecified atom stereocenters. The number of ether oxygens (including phenoxy) is 1. The number of hydrogen-bond acceptors (Lipinski definition) is 4. The van der Waals surface area contributed by atoms with E-state index in [-0.39, 0.29) is 0 Å². The second kappa shape index (κ2) is 6.80. The fraction of sp³-hybridized carbons (Fsp3) is 0.400. The largest absolute Gasteiger partial charge is 0.380 e. The van der Waals surface area contributed by atoms with Gasteiger partial charge in [0.2, 0.25) is 0 Å². The number of thiazole rings is 1. The number of nitrogens with zero attached hydrogens (tertiary/aromatic N) is 1. The number of hydrogen-bond donors (Lipinski definition) is 1. The average Bonchev–Trinajstić information content (AvgIpc) is 2.86. The highest BCUT2D eigenvalue weighted by Gasteiger charge is 2.06. The van der Waals surface area contributed by atoms with Crippen molar-refractivity contribution in [3.63, 3.8) is 0 Å². The van der Waals surface area contributed by atoms with Crippen LogP contribution in [-0.2, 0) is 17.9 Å². The molecule has 102 valence electrons. The molecule has 0 spiro atoms. The van der Waals surface area contributed by atoms with Crippen LogP contribution < -0.4 is 5.32 Å². The van der Waals surface area contributed by atoms with Crippen molar-refractivity contribution in [1.29, 1.82) is 0 Å². The summed E-state index contributed by atoms with van der Waals surface area (Å²) in [6.07, 6.45) is 1.96. The molecule has 1 aromatic heterocycles. The molecule has 4 heteroatoms. The Bertz CT molecular complexity index is 522. The molecular formula is C15H20N2OS. The van der Waals surface area contributed by atoms with Gasteiger partial charge in [-0.15, -0.1) is 11.3 Å². The lowest BCUT2D eigenvalue weighted by Crippen LogP contribution is -2.21. The third-order valence-corrected chi connectivity index (χ3v) is 3.77. The Morgan fingerprint density at radius 3 is 2.95 bits per heavy atom. The molecule has 0 amide bonds. The quantitative estimate of drug-likeness (QED) is 0.877. The van der Waals surface area contributed by atoms with E-state index in [9.17, 15) is 0 Å². The first-order valence-electron chi connectivity index (χ1n) is 6.45. The average molecular weight is 276 g/mol. The number of rotatable bonds is 6. The SMILES string of the molecule is COCc1cccc(-c2ncc(CNC(C)C)s2)c1. The number of nitrogens with one attached hydrogen (secondary N) is 1. The molecule has 1 heterocycles. The molecule has 1 N–H and O–H groups in total. The summed E-state index contributed by atoms with van der Waals surface area (Å²) < 4.78 is 5.16. The van der Waals surface area contributed by atoms with Gasteiger partial charge in [-0.1, -0.05) is 32.0 Å². The molecule has 0 bridgehead atoms. The number of aromatic nitrogens is 1. The molecule has 0 saturated heterocycles. The van der Waals surface area contributed by atoms with Gasteiger partial charge in [0, 0.05) is 36.3 Å². The Kier molecular flexibility index (Phi) is 5.07. The zero-order valence-electron chi connectivity index (χ0n) is 11.6. The van der Waals surface area contributed by atoms with E-state index >= 15 is 0 Å². The molecule has 2 rings (SSSR count). The molecule has 0 fully saturated rings. The van der Waals surface area contributed by atoms with Crippen LogP contribution in [0, 0.1) is 0 Å². The minimum atomic E-state index is 0.496. The van der Waals surface area contributed by atoms with Gasteiger partial charge in [-0.25, -0.2) is 4.98 Å². The van der Waals surface area contributed by atoms with Crippen LogP contribution in [-0.4, -0.2) is 18.1 Å². The van der Waals surface area contributed by atoms with Gasteiger partial charge in [-0.05, 0) is 11.6 Å². The predicted molar refractivity (Wildman–Crippen MR) is 80.2 cm³/mol. The van der Waals surface area contributed by atoms with Gasteiger partial charge >= 0.3 is 0 Å². The summed E-state index contributed by atoms with van der Waals surface area (Å²) in [6, 6.07) is 8.86. The normalized spacial score (nSPS) is 11.2. The molecule has 2 aromatic rings. The molecule has 0 aliphatic rings. The Hall–Kier alpha value is -1.23. The van der Waals surface area contributed by atoms with Crippen molar-refractivity contribution in [2.24, 2.45) is 0 Å². The van der Waals surface area contributed by atoms with Gasteiger partial charge < -0.3 is 10.1 Å². The van der Waals surface area contributed by atoms with Crippen LogP contribution in [0.2, 0.25) is 0 Å². The Labute approximate surface area is 118 Å². The van der Waals surface area contributed by atoms with E-state index in [0.717, 1.165) is 17.1 Å². The van der Waals surface area contributed by atoms with Crippen LogP contribution in [0.1, 0.15) is 24.3 Å². The van der Waals surface area contributed by atoms with E-state index in [0.29, 0.717) is 12.6 Å². The third kappa shape index (κ3) is 4.13. The van der Waals surface area contributed by atoms with Crippen molar-refractivity contribution in [3.8, 4) is 10.6 Å². The highest BCUT2D eigenvalue weighted by molar-refractivity contribution is 7.15. The molecular weight excluding hydrogens is 256 g/mol. The van der Waals surface area contributed by atoms with Gasteiger partial charge in [0.05, 0.1) is 6.61 Å². The van der Waals surface area contributed by atoms with Crippen molar-refractivity contribution in [3.05, 3.63) is 40.9 Å². The first-order valence-corrected chi connectivity index (χ1v) is 7.27. The van der Waals surface area contributed by atoms with Gasteiger partial charge in [0.15, 0.2) is 0 Å². The maximum absolute atomic E-state index is 5.16. The van der Waals surface area contributed by atoms with Gasteiger partial charge in [0.1, 0.15) is 5.01 Å². The molecule has 0 aliphatic heterocycles. The number of methoxy groups -OCH3 is 1. The molecule has 0 atom stereocenters. The minimum absolute atomic E-state index is 0.496. The van der Waals surface area contributed by atoms with E-state index in [1.807, 2.05) is 6.20 Å². The Morgan fingerprint density at radius 2 is 2.21 bits per heavy atom. The summed E-state index contributed by atoms with van der Waals surface area (Å²) in [5.74, 6) is 0. The van der Waals surface area contributed by atoms with E-state index in [2.05, 4.69) is 48.4 Å². The lowest BCUT2D eigenvalue weighted by molar-refractivity contribution is 0.185. The molecule has 19 heavy (non-hydrogen) atoms. The van der Waals surface area contributed by atoms with E-state index in [1.165, 1.54) is 10.4 Å². The fourth-order valence-electron chi connectivity index (χ4n) is 1.79. The van der Waals surface area contributed by atoms with E-state index in [4.69, 9.17) is 4.74 Å². The topological polar surface area (TPSA) is 34.1 Å². The first kappa shape index (κ1) is 14.2. The second-order valence-electron chi connectivity index (χ2n) is 4.80. The first-order chi connectivity index (χ1) is 9.19. The van der Waals surface area contributed by atoms with Gasteiger partial charge in [-0.2, -0.15) is 0 Å². The van der Waals surface area contributed by atoms with Gasteiger partial charge in [0.25, 0.3) is 0 Å². The number of benzene rings is 1. The van der Waals surface area contributed by atoms with E-state index < -0.39 is 0 Å². The molecule has 3 nitrogen and oxygen atoms in total. The van der Waals surface area contributed by atoms with E-state index in [1.54, 1.807) is 18.4 Å². The zero-order valence-corrected chi connectivity index (χ0v) is 12.5. The Morgan fingerprint density at radius 1 is 1.37 bits per heavy atom. The van der Waals surface area contributed by atoms with Crippen molar-refractivity contribution in [2.45, 2.75) is 33.0 Å². The predicted octanol–water partition coefficient (Wildman–Crippen LogP) is 3.45. The highest BCUT2D eigenvalue weighted by atomic mass is 32.1. The monoisotopic (exact) mass is 276 g/mol. The second-order valence-corrected chi connectivity index (χ2v) is 5.92. The standard InChI is InChI=1S/C15H20N2OS/c1-11(2)16-8-14-9-17-15(19-14)13-6-4-5-12(7-13)10-18-3/h4-7,9,11,16H,8,10H2,1-3H3. The van der Waals surface area contributed by atoms with Crippen molar-refractivity contribution in [1.82, 2.24) is 10.3 Å². The summed E-state index contributed by atoms with van der Waals surface area (Å²) in [4.78, 5) is 5.77. The molecule has 0 aliphatic carbocycles. The van der Waals surface area contributed by atoms with Crippen LogP contribution in [0.5, 0.6) is 0 Å². The van der Waals surface area contributed by atoms with Crippen molar-refractivity contribution >= 4 is 11.3 Å². The maximum atomic E-state index is 5.16. The van der Waals surface area contributed by atoms with Crippen LogP contribution in [0.15, 0.2) is 30.5 Å². The van der Waals surface area contributed by atoms with Crippen molar-refractivity contribution < 1.29 is 4.74 Å². The molecule has 0 radical (unpaired) electrons. The third-order valence-electron chi connectivity index (χ3n) is 2.72. The molecule has 0 saturated carbocycles. The minimum Gasteiger partial charge on any atom is -0.380 e. The summed E-state index contributed by atoms with van der Waals surface area (Å²) in [6.45, 7) is 5.82. The smallest absolute Gasteiger partial charge is 0.123 e. The van der Waals surface area contributed by atoms with Crippen LogP contribution >= 0.6 is 11.3 Å².